The Labute approximate surface area is 87.4 Å². The Bertz CT molecular complexity index is 183. The molecule has 0 aliphatic heterocycles. The molecule has 92 valence electrons. The first kappa shape index (κ1) is 14.7. The van der Waals surface area contributed by atoms with Gasteiger partial charge >= 0.3 is 6.18 Å². The molecule has 15 heavy (non-hydrogen) atoms. The molecule has 3 N–H and O–H groups in total. The lowest BCUT2D eigenvalue weighted by Crippen LogP contribution is -2.43. The van der Waals surface area contributed by atoms with Gasteiger partial charge in [0.2, 0.25) is 0 Å². The molecule has 0 amide bonds. The molecule has 2 atom stereocenters. The van der Waals surface area contributed by atoms with Crippen molar-refractivity contribution in [2.24, 2.45) is 5.73 Å². The Hall–Kier alpha value is -0.330. The molecule has 2 unspecified atom stereocenters. The standard InChI is InChI=1S/C9H18F3NO2/c1-7(5-8(2,13)6-14)15-4-3-9(10,11)12/h7,14H,3-6,13H2,1-2H3. The molecule has 0 spiro atoms. The van der Waals surface area contributed by atoms with E-state index in [1.54, 1.807) is 13.8 Å². The Balaban J connectivity index is 3.71. The molecule has 0 aliphatic carbocycles. The van der Waals surface area contributed by atoms with Gasteiger partial charge in [-0.3, -0.25) is 0 Å². The summed E-state index contributed by atoms with van der Waals surface area (Å²) in [5.74, 6) is 0. The normalized spacial score (nSPS) is 18.6. The third-order valence-electron chi connectivity index (χ3n) is 1.90. The van der Waals surface area contributed by atoms with Crippen LogP contribution in [0.4, 0.5) is 13.2 Å². The van der Waals surface area contributed by atoms with E-state index in [9.17, 15) is 13.2 Å². The topological polar surface area (TPSA) is 55.5 Å². The van der Waals surface area contributed by atoms with Crippen LogP contribution in [0.2, 0.25) is 0 Å². The lowest BCUT2D eigenvalue weighted by molar-refractivity contribution is -0.149. The number of aliphatic hydroxyl groups is 1. The van der Waals surface area contributed by atoms with E-state index in [0.717, 1.165) is 0 Å². The second-order valence-corrected chi connectivity index (χ2v) is 4.06. The van der Waals surface area contributed by atoms with Crippen molar-refractivity contribution in [1.82, 2.24) is 0 Å². The summed E-state index contributed by atoms with van der Waals surface area (Å²) in [5.41, 5.74) is 4.81. The van der Waals surface area contributed by atoms with Gasteiger partial charge in [-0.05, 0) is 20.3 Å². The molecule has 0 aliphatic rings. The molecule has 0 aromatic heterocycles. The van der Waals surface area contributed by atoms with Gasteiger partial charge in [0.25, 0.3) is 0 Å². The summed E-state index contributed by atoms with van der Waals surface area (Å²) < 4.78 is 40.2. The van der Waals surface area contributed by atoms with E-state index >= 15 is 0 Å². The van der Waals surface area contributed by atoms with Crippen LogP contribution in [-0.4, -0.2) is 36.1 Å². The van der Waals surface area contributed by atoms with Crippen molar-refractivity contribution in [3.8, 4) is 0 Å². The predicted octanol–water partition coefficient (Wildman–Crippen LogP) is 1.44. The van der Waals surface area contributed by atoms with Gasteiger partial charge in [0.15, 0.2) is 0 Å². The van der Waals surface area contributed by atoms with E-state index in [1.165, 1.54) is 0 Å². The quantitative estimate of drug-likeness (QED) is 0.724. The molecule has 0 heterocycles. The summed E-state index contributed by atoms with van der Waals surface area (Å²) in [4.78, 5) is 0. The summed E-state index contributed by atoms with van der Waals surface area (Å²) in [6, 6.07) is 0. The van der Waals surface area contributed by atoms with Crippen molar-refractivity contribution in [3.05, 3.63) is 0 Å². The second-order valence-electron chi connectivity index (χ2n) is 4.06. The molecule has 0 aromatic rings. The maximum atomic E-state index is 11.8. The minimum atomic E-state index is -4.19. The second kappa shape index (κ2) is 5.67. The Morgan fingerprint density at radius 1 is 1.40 bits per heavy atom. The van der Waals surface area contributed by atoms with Crippen LogP contribution >= 0.6 is 0 Å². The SMILES string of the molecule is CC(CC(C)(N)CO)OCCC(F)(F)F. The molecule has 0 aromatic carbocycles. The van der Waals surface area contributed by atoms with Crippen molar-refractivity contribution >= 4 is 0 Å². The van der Waals surface area contributed by atoms with Gasteiger partial charge in [-0.1, -0.05) is 0 Å². The predicted molar refractivity (Wildman–Crippen MR) is 50.4 cm³/mol. The molecule has 0 saturated carbocycles. The third kappa shape index (κ3) is 8.65. The van der Waals surface area contributed by atoms with Crippen LogP contribution in [0.15, 0.2) is 0 Å². The largest absolute Gasteiger partial charge is 0.394 e. The number of halogens is 3. The van der Waals surface area contributed by atoms with Crippen molar-refractivity contribution < 1.29 is 23.0 Å². The van der Waals surface area contributed by atoms with Gasteiger partial charge < -0.3 is 15.6 Å². The number of alkyl halides is 3. The average Bonchev–Trinajstić information content (AvgIpc) is 2.00. The molecular weight excluding hydrogens is 211 g/mol. The zero-order valence-corrected chi connectivity index (χ0v) is 8.97. The van der Waals surface area contributed by atoms with Crippen LogP contribution in [0.1, 0.15) is 26.7 Å². The molecular formula is C9H18F3NO2. The summed E-state index contributed by atoms with van der Waals surface area (Å²) in [6.07, 6.45) is -5.23. The first-order valence-corrected chi connectivity index (χ1v) is 4.74. The molecule has 0 saturated heterocycles. The van der Waals surface area contributed by atoms with Gasteiger partial charge in [0.05, 0.1) is 25.7 Å². The van der Waals surface area contributed by atoms with Gasteiger partial charge in [0, 0.05) is 5.54 Å². The first-order valence-electron chi connectivity index (χ1n) is 4.74. The summed E-state index contributed by atoms with van der Waals surface area (Å²) >= 11 is 0. The smallest absolute Gasteiger partial charge is 0.391 e. The van der Waals surface area contributed by atoms with E-state index in [0.29, 0.717) is 6.42 Å². The van der Waals surface area contributed by atoms with Crippen molar-refractivity contribution in [1.29, 1.82) is 0 Å². The monoisotopic (exact) mass is 229 g/mol. The highest BCUT2D eigenvalue weighted by Gasteiger charge is 2.27. The van der Waals surface area contributed by atoms with E-state index in [4.69, 9.17) is 15.6 Å². The van der Waals surface area contributed by atoms with Crippen LogP contribution in [-0.2, 0) is 4.74 Å². The lowest BCUT2D eigenvalue weighted by atomic mass is 9.97. The van der Waals surface area contributed by atoms with Crippen molar-refractivity contribution in [2.75, 3.05) is 13.2 Å². The fraction of sp³-hybridized carbons (Fsp3) is 1.00. The number of hydrogen-bond donors (Lipinski definition) is 2. The molecule has 0 fully saturated rings. The number of aliphatic hydroxyl groups excluding tert-OH is 1. The van der Waals surface area contributed by atoms with Gasteiger partial charge in [-0.15, -0.1) is 0 Å². The summed E-state index contributed by atoms with van der Waals surface area (Å²) in [5, 5.41) is 8.84. The number of hydrogen-bond acceptors (Lipinski definition) is 3. The summed E-state index contributed by atoms with van der Waals surface area (Å²) in [6.45, 7) is 2.67. The van der Waals surface area contributed by atoms with Gasteiger partial charge in [-0.25, -0.2) is 0 Å². The first-order chi connectivity index (χ1) is 6.66. The highest BCUT2D eigenvalue weighted by atomic mass is 19.4. The van der Waals surface area contributed by atoms with Crippen LogP contribution in [0.25, 0.3) is 0 Å². The highest BCUT2D eigenvalue weighted by Crippen LogP contribution is 2.20. The maximum Gasteiger partial charge on any atom is 0.391 e. The average molecular weight is 229 g/mol. The molecule has 6 heteroatoms. The molecule has 3 nitrogen and oxygen atoms in total. The Kier molecular flexibility index (Phi) is 5.55. The molecule has 0 rings (SSSR count). The Morgan fingerprint density at radius 2 is 1.93 bits per heavy atom. The van der Waals surface area contributed by atoms with E-state index in [1.807, 2.05) is 0 Å². The number of ether oxygens (including phenoxy) is 1. The summed E-state index contributed by atoms with van der Waals surface area (Å²) in [7, 11) is 0. The van der Waals surface area contributed by atoms with Gasteiger partial charge in [-0.2, -0.15) is 13.2 Å². The zero-order valence-electron chi connectivity index (χ0n) is 8.97. The third-order valence-corrected chi connectivity index (χ3v) is 1.90. The van der Waals surface area contributed by atoms with Crippen LogP contribution < -0.4 is 5.73 Å². The molecule has 0 bridgehead atoms. The zero-order chi connectivity index (χ0) is 12.1. The van der Waals surface area contributed by atoms with Crippen molar-refractivity contribution in [3.63, 3.8) is 0 Å². The van der Waals surface area contributed by atoms with Gasteiger partial charge in [0.1, 0.15) is 0 Å². The minimum Gasteiger partial charge on any atom is -0.394 e. The Morgan fingerprint density at radius 3 is 2.33 bits per heavy atom. The molecule has 0 radical (unpaired) electrons. The maximum absolute atomic E-state index is 11.8. The fourth-order valence-corrected chi connectivity index (χ4v) is 1.16. The number of rotatable bonds is 6. The highest BCUT2D eigenvalue weighted by molar-refractivity contribution is 4.79. The lowest BCUT2D eigenvalue weighted by Gasteiger charge is -2.25. The van der Waals surface area contributed by atoms with Crippen LogP contribution in [0, 0.1) is 0 Å². The van der Waals surface area contributed by atoms with E-state index in [2.05, 4.69) is 0 Å². The minimum absolute atomic E-state index is 0.222. The van der Waals surface area contributed by atoms with Crippen molar-refractivity contribution in [2.45, 2.75) is 44.5 Å². The van der Waals surface area contributed by atoms with Crippen LogP contribution in [0.3, 0.4) is 0 Å². The van der Waals surface area contributed by atoms with E-state index < -0.39 is 24.2 Å². The van der Waals surface area contributed by atoms with Crippen LogP contribution in [0.5, 0.6) is 0 Å². The fourth-order valence-electron chi connectivity index (χ4n) is 1.16. The van der Waals surface area contributed by atoms with E-state index in [-0.39, 0.29) is 13.2 Å². The number of nitrogens with two attached hydrogens (primary N) is 1.